The molecule has 0 saturated carbocycles. The molecule has 0 aliphatic carbocycles. The van der Waals surface area contributed by atoms with Crippen LogP contribution in [0.3, 0.4) is 0 Å². The maximum atomic E-state index is 10.3. The van der Waals surface area contributed by atoms with Gasteiger partial charge in [0.25, 0.3) is 10.1 Å². The van der Waals surface area contributed by atoms with E-state index in [1.165, 1.54) is 0 Å². The zero-order valence-electron chi connectivity index (χ0n) is 6.57. The van der Waals surface area contributed by atoms with E-state index in [9.17, 15) is 8.42 Å². The number of nitrogens with one attached hydrogen (secondary N) is 1. The summed E-state index contributed by atoms with van der Waals surface area (Å²) < 4.78 is 29.1. The molecule has 0 amide bonds. The average molecular weight is 246 g/mol. The average Bonchev–Trinajstić information content (AvgIpc) is 2.00. The van der Waals surface area contributed by atoms with Gasteiger partial charge in [0.1, 0.15) is 5.88 Å². The van der Waals surface area contributed by atoms with Gasteiger partial charge in [0.05, 0.1) is 0 Å². The van der Waals surface area contributed by atoms with Crippen LogP contribution in [-0.2, 0) is 10.1 Å². The molecule has 1 aromatic rings. The third-order valence-corrected chi connectivity index (χ3v) is 2.03. The topological polar surface area (TPSA) is 66.4 Å². The van der Waals surface area contributed by atoms with E-state index in [2.05, 4.69) is 5.32 Å². The fourth-order valence-corrected chi connectivity index (χ4v) is 1.31. The molecule has 0 aliphatic rings. The third-order valence-electron chi connectivity index (χ3n) is 1.28. The van der Waals surface area contributed by atoms with Crippen LogP contribution in [0.15, 0.2) is 24.3 Å². The Labute approximate surface area is 110 Å². The van der Waals surface area contributed by atoms with E-state index < -0.39 is 16.0 Å². The third kappa shape index (κ3) is 5.85. The monoisotopic (exact) mass is 245 g/mol. The van der Waals surface area contributed by atoms with Crippen molar-refractivity contribution in [2.24, 2.45) is 0 Å². The van der Waals surface area contributed by atoms with Gasteiger partial charge in [-0.1, -0.05) is 17.7 Å². The molecule has 0 atom stereocenters. The Morgan fingerprint density at radius 2 is 2.07 bits per heavy atom. The molecule has 0 bridgehead atoms. The van der Waals surface area contributed by atoms with Gasteiger partial charge in [-0.3, -0.25) is 4.55 Å². The Kier molecular flexibility index (Phi) is 6.04. The molecule has 14 heavy (non-hydrogen) atoms. The van der Waals surface area contributed by atoms with E-state index in [1.807, 2.05) is 0 Å². The summed E-state index contributed by atoms with van der Waals surface area (Å²) >= 11 is 5.64. The molecule has 0 spiro atoms. The number of hydrogen-bond donors (Lipinski definition) is 2. The first-order chi connectivity index (χ1) is 5.97. The van der Waals surface area contributed by atoms with E-state index in [0.29, 0.717) is 10.7 Å². The van der Waals surface area contributed by atoms with Crippen molar-refractivity contribution in [3.8, 4) is 0 Å². The maximum absolute atomic E-state index is 10.3. The van der Waals surface area contributed by atoms with Crippen LogP contribution in [0.4, 0.5) is 5.69 Å². The summed E-state index contributed by atoms with van der Waals surface area (Å²) in [6, 6.07) is 6.55. The zero-order valence-corrected chi connectivity index (χ0v) is 8.14. The Morgan fingerprint density at radius 1 is 1.43 bits per heavy atom. The molecule has 0 aliphatic heterocycles. The van der Waals surface area contributed by atoms with Crippen molar-refractivity contribution < 1.29 is 13.0 Å². The summed E-state index contributed by atoms with van der Waals surface area (Å²) in [5, 5.41) is 3.00. The van der Waals surface area contributed by atoms with Crippen LogP contribution < -0.4 is 5.32 Å². The van der Waals surface area contributed by atoms with Gasteiger partial charge in [-0.25, -0.2) is 0 Å². The number of anilines is 1. The summed E-state index contributed by atoms with van der Waals surface area (Å²) in [6.45, 7) is 0. The van der Waals surface area contributed by atoms with E-state index >= 15 is 0 Å². The van der Waals surface area contributed by atoms with Crippen LogP contribution in [0, 0.1) is 0 Å². The van der Waals surface area contributed by atoms with Crippen molar-refractivity contribution in [2.75, 3.05) is 11.2 Å². The summed E-state index contributed by atoms with van der Waals surface area (Å²) in [5.74, 6) is -0.520. The molecular weight excluding hydrogens is 237 g/mol. The van der Waals surface area contributed by atoms with E-state index in [1.54, 1.807) is 24.3 Å². The molecule has 0 aromatic heterocycles. The Balaban J connectivity index is 0.00000169. The molecule has 0 saturated heterocycles. The first kappa shape index (κ1) is 14.2. The number of benzene rings is 1. The van der Waals surface area contributed by atoms with Crippen molar-refractivity contribution in [2.45, 2.75) is 0 Å². The minimum atomic E-state index is -3.99. The fourth-order valence-electron chi connectivity index (χ4n) is 0.773. The first-order valence-electron chi connectivity index (χ1n) is 3.42. The van der Waals surface area contributed by atoms with Gasteiger partial charge in [0.15, 0.2) is 0 Å². The van der Waals surface area contributed by atoms with Crippen molar-refractivity contribution in [3.63, 3.8) is 0 Å². The van der Waals surface area contributed by atoms with Gasteiger partial charge in [-0.2, -0.15) is 8.42 Å². The van der Waals surface area contributed by atoms with Crippen LogP contribution in [0.5, 0.6) is 0 Å². The molecule has 1 rings (SSSR count). The molecule has 0 heterocycles. The quantitative estimate of drug-likeness (QED) is 0.615. The van der Waals surface area contributed by atoms with E-state index in [4.69, 9.17) is 16.2 Å². The Hall–Kier alpha value is 0.220. The normalized spacial score (nSPS) is 10.4. The molecule has 0 unspecified atom stereocenters. The summed E-state index contributed by atoms with van der Waals surface area (Å²) in [6.07, 6.45) is 0. The second-order valence-electron chi connectivity index (χ2n) is 2.41. The summed E-state index contributed by atoms with van der Waals surface area (Å²) in [5.41, 5.74) is 0.546. The fraction of sp³-hybridized carbons (Fsp3) is 0.143. The van der Waals surface area contributed by atoms with Gasteiger partial charge in [0.2, 0.25) is 0 Å². The van der Waals surface area contributed by atoms with Gasteiger partial charge >= 0.3 is 29.6 Å². The predicted molar refractivity (Wildman–Crippen MR) is 58.6 cm³/mol. The Bertz CT molecular complexity index is 396. The Morgan fingerprint density at radius 3 is 2.57 bits per heavy atom. The van der Waals surface area contributed by atoms with Crippen LogP contribution in [0.2, 0.25) is 5.02 Å². The molecule has 0 fully saturated rings. The molecule has 2 N–H and O–H groups in total. The zero-order chi connectivity index (χ0) is 9.90. The second kappa shape index (κ2) is 5.95. The number of hydrogen-bond acceptors (Lipinski definition) is 3. The van der Waals surface area contributed by atoms with Crippen molar-refractivity contribution in [1.82, 2.24) is 0 Å². The van der Waals surface area contributed by atoms with Gasteiger partial charge in [-0.05, 0) is 18.2 Å². The van der Waals surface area contributed by atoms with Crippen molar-refractivity contribution in [3.05, 3.63) is 29.3 Å². The van der Waals surface area contributed by atoms with E-state index in [0.717, 1.165) is 0 Å². The molecule has 1 aromatic carbocycles. The molecule has 0 radical (unpaired) electrons. The van der Waals surface area contributed by atoms with Crippen molar-refractivity contribution in [1.29, 1.82) is 0 Å². The van der Waals surface area contributed by atoms with Crippen LogP contribution in [0.1, 0.15) is 0 Å². The molecule has 74 valence electrons. The van der Waals surface area contributed by atoms with Gasteiger partial charge in [0, 0.05) is 10.7 Å². The first-order valence-corrected chi connectivity index (χ1v) is 5.41. The van der Waals surface area contributed by atoms with Crippen molar-refractivity contribution >= 4 is 57.0 Å². The predicted octanol–water partition coefficient (Wildman–Crippen LogP) is 0.949. The standard InChI is InChI=1S/C7H8ClNO3S.Na.H/c8-6-2-1-3-7(4-6)9-5-13(10,11)12;;/h1-4,9H,5H2,(H,10,11,12);;. The van der Waals surface area contributed by atoms with Crippen LogP contribution in [-0.4, -0.2) is 48.4 Å². The molecular formula is C7H9ClNNaO3S. The van der Waals surface area contributed by atoms with Gasteiger partial charge < -0.3 is 5.32 Å². The van der Waals surface area contributed by atoms with Gasteiger partial charge in [-0.15, -0.1) is 0 Å². The van der Waals surface area contributed by atoms with E-state index in [-0.39, 0.29) is 29.6 Å². The van der Waals surface area contributed by atoms with Crippen LogP contribution in [0.25, 0.3) is 0 Å². The summed E-state index contributed by atoms with van der Waals surface area (Å²) in [4.78, 5) is 0. The molecule has 4 nitrogen and oxygen atoms in total. The minimum absolute atomic E-state index is 0. The SMILES string of the molecule is O=S(=O)(O)CNc1cccc(Cl)c1.[NaH]. The number of halogens is 1. The summed E-state index contributed by atoms with van der Waals surface area (Å²) in [7, 11) is -3.99. The number of rotatable bonds is 3. The second-order valence-corrected chi connectivity index (χ2v) is 4.30. The molecule has 7 heteroatoms. The van der Waals surface area contributed by atoms with Crippen LogP contribution >= 0.6 is 11.6 Å².